The molecule has 0 aliphatic rings. The molecule has 12 nitrogen and oxygen atoms in total. The number of nitro benzene ring substituents is 1. The van der Waals surface area contributed by atoms with Crippen molar-refractivity contribution in [2.24, 2.45) is 0 Å². The maximum atomic E-state index is 12.4. The number of sulfonamides is 1. The van der Waals surface area contributed by atoms with Crippen LogP contribution in [-0.4, -0.2) is 59.6 Å². The number of anilines is 2. The Morgan fingerprint density at radius 2 is 1.88 bits per heavy atom. The largest absolute Gasteiger partial charge is 0.495 e. The Balaban J connectivity index is 1.93. The first kappa shape index (κ1) is 25.8. The number of nitrogens with one attached hydrogen (secondary N) is 2. The van der Waals surface area contributed by atoms with E-state index in [2.05, 4.69) is 5.32 Å². The van der Waals surface area contributed by atoms with Crippen LogP contribution in [0.25, 0.3) is 0 Å². The third-order valence-corrected chi connectivity index (χ3v) is 5.84. The molecule has 14 heteroatoms. The molecule has 0 spiro atoms. The van der Waals surface area contributed by atoms with Crippen molar-refractivity contribution in [2.75, 3.05) is 44.6 Å². The molecule has 0 unspecified atom stereocenters. The van der Waals surface area contributed by atoms with Crippen LogP contribution >= 0.6 is 11.6 Å². The van der Waals surface area contributed by atoms with Gasteiger partial charge in [-0.15, -0.1) is 0 Å². The highest BCUT2D eigenvalue weighted by Crippen LogP contribution is 2.29. The monoisotopic (exact) mass is 500 g/mol. The van der Waals surface area contributed by atoms with Crippen LogP contribution in [0.3, 0.4) is 0 Å². The highest BCUT2D eigenvalue weighted by Gasteiger charge is 2.23. The second-order valence-corrected chi connectivity index (χ2v) is 8.86. The summed E-state index contributed by atoms with van der Waals surface area (Å²) in [5.41, 5.74) is 0.133. The lowest BCUT2D eigenvalue weighted by molar-refractivity contribution is -0.384. The van der Waals surface area contributed by atoms with E-state index in [9.17, 15) is 28.1 Å². The zero-order valence-corrected chi connectivity index (χ0v) is 19.4. The highest BCUT2D eigenvalue weighted by atomic mass is 35.5. The Morgan fingerprint density at radius 3 is 2.45 bits per heavy atom. The van der Waals surface area contributed by atoms with Crippen LogP contribution in [-0.2, 0) is 24.3 Å². The summed E-state index contributed by atoms with van der Waals surface area (Å²) in [6.07, 6.45) is 0. The van der Waals surface area contributed by atoms with E-state index in [1.807, 2.05) is 4.72 Å². The predicted molar refractivity (Wildman–Crippen MR) is 120 cm³/mol. The number of hydrogen-bond donors (Lipinski definition) is 2. The summed E-state index contributed by atoms with van der Waals surface area (Å²) in [5, 5.41) is 14.0. The van der Waals surface area contributed by atoms with Crippen LogP contribution in [0.5, 0.6) is 5.75 Å². The number of ether oxygens (including phenoxy) is 2. The van der Waals surface area contributed by atoms with Gasteiger partial charge in [0.25, 0.3) is 11.6 Å². The van der Waals surface area contributed by atoms with Gasteiger partial charge in [-0.25, -0.2) is 8.42 Å². The van der Waals surface area contributed by atoms with E-state index in [0.717, 1.165) is 6.07 Å². The SMILES string of the molecule is COc1ccc(NC(=O)COC(=O)CNS(=O)(=O)c2ccc(N(C)C)c([N+](=O)[O-])c2)cc1Cl. The van der Waals surface area contributed by atoms with E-state index in [-0.39, 0.29) is 10.7 Å². The van der Waals surface area contributed by atoms with Gasteiger partial charge >= 0.3 is 5.97 Å². The second kappa shape index (κ2) is 10.9. The van der Waals surface area contributed by atoms with E-state index in [1.54, 1.807) is 14.1 Å². The minimum absolute atomic E-state index is 0.211. The molecule has 0 atom stereocenters. The topological polar surface area (TPSA) is 157 Å². The van der Waals surface area contributed by atoms with Crippen LogP contribution in [0.1, 0.15) is 0 Å². The van der Waals surface area contributed by atoms with Gasteiger partial charge in [-0.05, 0) is 30.3 Å². The number of amides is 1. The fourth-order valence-electron chi connectivity index (χ4n) is 2.57. The molecule has 2 rings (SSSR count). The number of esters is 1. The van der Waals surface area contributed by atoms with Crippen molar-refractivity contribution in [3.8, 4) is 5.75 Å². The van der Waals surface area contributed by atoms with Gasteiger partial charge < -0.3 is 19.7 Å². The summed E-state index contributed by atoms with van der Waals surface area (Å²) in [4.78, 5) is 35.4. The first-order chi connectivity index (χ1) is 15.4. The van der Waals surface area contributed by atoms with Gasteiger partial charge in [0.05, 0.1) is 22.0 Å². The average Bonchev–Trinajstić information content (AvgIpc) is 2.76. The molecule has 0 fully saturated rings. The van der Waals surface area contributed by atoms with Crippen molar-refractivity contribution < 1.29 is 32.4 Å². The molecule has 0 bridgehead atoms. The van der Waals surface area contributed by atoms with Crippen molar-refractivity contribution in [2.45, 2.75) is 4.90 Å². The Hall–Kier alpha value is -3.42. The molecule has 2 aromatic rings. The van der Waals surface area contributed by atoms with Gasteiger partial charge in [0.2, 0.25) is 10.0 Å². The molecule has 2 N–H and O–H groups in total. The summed E-state index contributed by atoms with van der Waals surface area (Å²) in [5.74, 6) is -1.29. The molecule has 0 aliphatic heterocycles. The molecular weight excluding hydrogens is 480 g/mol. The molecular formula is C19H21ClN4O8S. The molecule has 33 heavy (non-hydrogen) atoms. The van der Waals surface area contributed by atoms with E-state index < -0.39 is 50.6 Å². The highest BCUT2D eigenvalue weighted by molar-refractivity contribution is 7.89. The number of hydrogen-bond acceptors (Lipinski definition) is 9. The Bertz CT molecular complexity index is 1170. The summed E-state index contributed by atoms with van der Waals surface area (Å²) in [7, 11) is 0.332. The van der Waals surface area contributed by atoms with Gasteiger partial charge in [-0.2, -0.15) is 4.72 Å². The van der Waals surface area contributed by atoms with E-state index in [0.29, 0.717) is 11.4 Å². The molecule has 2 aromatic carbocycles. The summed E-state index contributed by atoms with van der Waals surface area (Å²) >= 11 is 5.96. The van der Waals surface area contributed by atoms with E-state index in [1.165, 1.54) is 42.3 Å². The summed E-state index contributed by atoms with van der Waals surface area (Å²) < 4.78 is 36.5. The van der Waals surface area contributed by atoms with Crippen molar-refractivity contribution in [3.05, 3.63) is 51.5 Å². The zero-order valence-electron chi connectivity index (χ0n) is 17.8. The molecule has 0 aliphatic carbocycles. The number of benzene rings is 2. The number of carbonyl (C=O) groups is 2. The van der Waals surface area contributed by atoms with Gasteiger partial charge in [-0.1, -0.05) is 11.6 Å². The van der Waals surface area contributed by atoms with Crippen LogP contribution in [0.15, 0.2) is 41.3 Å². The van der Waals surface area contributed by atoms with Gasteiger partial charge in [0.15, 0.2) is 6.61 Å². The average molecular weight is 501 g/mol. The van der Waals surface area contributed by atoms with Gasteiger partial charge in [0.1, 0.15) is 18.0 Å². The molecule has 0 aromatic heterocycles. The van der Waals surface area contributed by atoms with Crippen molar-refractivity contribution in [3.63, 3.8) is 0 Å². The van der Waals surface area contributed by atoms with E-state index >= 15 is 0 Å². The molecule has 0 saturated heterocycles. The Kier molecular flexibility index (Phi) is 8.56. The lowest BCUT2D eigenvalue weighted by Gasteiger charge is -2.14. The molecule has 0 heterocycles. The molecule has 1 amide bonds. The normalized spacial score (nSPS) is 10.9. The molecule has 178 valence electrons. The smallest absolute Gasteiger partial charge is 0.321 e. The zero-order chi connectivity index (χ0) is 24.8. The lowest BCUT2D eigenvalue weighted by Crippen LogP contribution is -2.32. The van der Waals surface area contributed by atoms with Gasteiger partial charge in [-0.3, -0.25) is 19.7 Å². The van der Waals surface area contributed by atoms with Crippen molar-refractivity contribution in [1.82, 2.24) is 4.72 Å². The van der Waals surface area contributed by atoms with Crippen LogP contribution in [0.4, 0.5) is 17.1 Å². The first-order valence-corrected chi connectivity index (χ1v) is 11.0. The third-order valence-electron chi connectivity index (χ3n) is 4.14. The number of methoxy groups -OCH3 is 1. The molecule has 0 saturated carbocycles. The summed E-state index contributed by atoms with van der Waals surface area (Å²) in [6.45, 7) is -1.46. The number of carbonyl (C=O) groups excluding carboxylic acids is 2. The van der Waals surface area contributed by atoms with Crippen LogP contribution in [0.2, 0.25) is 5.02 Å². The number of halogens is 1. The number of nitrogens with zero attached hydrogens (tertiary/aromatic N) is 2. The summed E-state index contributed by atoms with van der Waals surface area (Å²) in [6, 6.07) is 7.84. The maximum Gasteiger partial charge on any atom is 0.321 e. The lowest BCUT2D eigenvalue weighted by atomic mass is 10.2. The number of rotatable bonds is 10. The Morgan fingerprint density at radius 1 is 1.18 bits per heavy atom. The third kappa shape index (κ3) is 7.03. The predicted octanol–water partition coefficient (Wildman–Crippen LogP) is 1.78. The fraction of sp³-hybridized carbons (Fsp3) is 0.263. The molecule has 0 radical (unpaired) electrons. The maximum absolute atomic E-state index is 12.4. The van der Waals surface area contributed by atoms with Crippen molar-refractivity contribution >= 4 is 50.6 Å². The van der Waals surface area contributed by atoms with Gasteiger partial charge in [0, 0.05) is 25.8 Å². The first-order valence-electron chi connectivity index (χ1n) is 9.19. The second-order valence-electron chi connectivity index (χ2n) is 6.68. The minimum Gasteiger partial charge on any atom is -0.495 e. The minimum atomic E-state index is -4.25. The standard InChI is InChI=1S/C19H21ClN4O8S/c1-23(2)15-6-5-13(9-16(15)24(27)28)33(29,30)21-10-19(26)32-11-18(25)22-12-4-7-17(31-3)14(20)8-12/h4-9,21H,10-11H2,1-3H3,(H,22,25). The number of nitro groups is 1. The van der Waals surface area contributed by atoms with Crippen LogP contribution < -0.4 is 19.7 Å². The fourth-order valence-corrected chi connectivity index (χ4v) is 3.82. The van der Waals surface area contributed by atoms with Crippen LogP contribution in [0, 0.1) is 10.1 Å². The quantitative estimate of drug-likeness (QED) is 0.282. The van der Waals surface area contributed by atoms with Crippen molar-refractivity contribution in [1.29, 1.82) is 0 Å². The van der Waals surface area contributed by atoms with E-state index in [4.69, 9.17) is 21.1 Å². The Labute approximate surface area is 194 Å².